The molecule has 0 spiro atoms. The zero-order valence-electron chi connectivity index (χ0n) is 15.1. The molecule has 7 nitrogen and oxygen atoms in total. The maximum atomic E-state index is 12.4. The maximum Gasteiger partial charge on any atom is 0.322 e. The van der Waals surface area contributed by atoms with Crippen molar-refractivity contribution in [3.63, 3.8) is 0 Å². The summed E-state index contributed by atoms with van der Waals surface area (Å²) < 4.78 is 16.8. The summed E-state index contributed by atoms with van der Waals surface area (Å²) in [6, 6.07) is 13.4. The van der Waals surface area contributed by atoms with Gasteiger partial charge in [-0.3, -0.25) is 10.1 Å². The number of hydrogen-bond donors (Lipinski definition) is 1. The van der Waals surface area contributed by atoms with Gasteiger partial charge in [-0.05, 0) is 37.1 Å². The molecule has 0 fully saturated rings. The highest BCUT2D eigenvalue weighted by Gasteiger charge is 2.28. The molecule has 1 N–H and O–H groups in total. The number of benzene rings is 2. The van der Waals surface area contributed by atoms with Gasteiger partial charge in [0.1, 0.15) is 6.61 Å². The molecule has 0 saturated carbocycles. The lowest BCUT2D eigenvalue weighted by Crippen LogP contribution is -2.40. The first kappa shape index (κ1) is 17.1. The quantitative estimate of drug-likeness (QED) is 0.765. The van der Waals surface area contributed by atoms with E-state index in [1.54, 1.807) is 12.1 Å². The molecular weight excluding hydrogens is 346 g/mol. The number of aryl methyl sites for hydroxylation is 2. The van der Waals surface area contributed by atoms with Crippen LogP contribution < -0.4 is 14.8 Å². The third kappa shape index (κ3) is 3.76. The smallest absolute Gasteiger partial charge is 0.322 e. The first-order valence-electron chi connectivity index (χ1n) is 8.66. The fraction of sp³-hybridized carbons (Fsp3) is 0.250. The van der Waals surface area contributed by atoms with Crippen molar-refractivity contribution in [2.45, 2.75) is 26.4 Å². The summed E-state index contributed by atoms with van der Waals surface area (Å²) in [6.07, 6.45) is -0.277. The summed E-state index contributed by atoms with van der Waals surface area (Å²) in [4.78, 5) is 12.4. The van der Waals surface area contributed by atoms with Crippen LogP contribution in [0.4, 0.5) is 6.01 Å². The van der Waals surface area contributed by atoms with E-state index in [0.717, 1.165) is 11.1 Å². The number of para-hydroxylation sites is 2. The van der Waals surface area contributed by atoms with E-state index in [1.165, 1.54) is 5.56 Å². The topological polar surface area (TPSA) is 86.5 Å². The van der Waals surface area contributed by atoms with Crippen molar-refractivity contribution in [3.05, 3.63) is 65.0 Å². The molecule has 2 heterocycles. The standard InChI is InChI=1S/C20H19N3O4/c1-12-7-8-14(13(2)9-12)10-18-22-23-20(27-18)21-19(24)17-11-25-15-5-3-4-6-16(15)26-17/h3-9,17H,10-11H2,1-2H3,(H,21,23,24). The highest BCUT2D eigenvalue weighted by molar-refractivity contribution is 5.92. The Kier molecular flexibility index (Phi) is 4.50. The largest absolute Gasteiger partial charge is 0.485 e. The lowest BCUT2D eigenvalue weighted by atomic mass is 10.0. The van der Waals surface area contributed by atoms with Crippen molar-refractivity contribution in [2.24, 2.45) is 0 Å². The molecule has 1 aliphatic rings. The van der Waals surface area contributed by atoms with Crippen molar-refractivity contribution in [2.75, 3.05) is 11.9 Å². The molecule has 0 radical (unpaired) electrons. The number of anilines is 1. The van der Waals surface area contributed by atoms with Crippen LogP contribution in [0, 0.1) is 13.8 Å². The lowest BCUT2D eigenvalue weighted by Gasteiger charge is -2.24. The summed E-state index contributed by atoms with van der Waals surface area (Å²) >= 11 is 0. The van der Waals surface area contributed by atoms with Crippen LogP contribution in [0.2, 0.25) is 0 Å². The molecule has 1 unspecified atom stereocenters. The predicted octanol–water partition coefficient (Wildman–Crippen LogP) is 3.06. The Balaban J connectivity index is 1.40. The summed E-state index contributed by atoms with van der Waals surface area (Å²) in [5, 5.41) is 10.5. The van der Waals surface area contributed by atoms with Crippen LogP contribution in [0.25, 0.3) is 0 Å². The average molecular weight is 365 g/mol. The number of hydrogen-bond acceptors (Lipinski definition) is 6. The van der Waals surface area contributed by atoms with E-state index in [2.05, 4.69) is 21.6 Å². The van der Waals surface area contributed by atoms with E-state index >= 15 is 0 Å². The maximum absolute atomic E-state index is 12.4. The Labute approximate surface area is 156 Å². The first-order chi connectivity index (χ1) is 13.1. The van der Waals surface area contributed by atoms with Crippen molar-refractivity contribution in [3.8, 4) is 11.5 Å². The number of carbonyl (C=O) groups is 1. The fourth-order valence-electron chi connectivity index (χ4n) is 2.92. The molecule has 1 aromatic heterocycles. The van der Waals surface area contributed by atoms with Gasteiger partial charge in [-0.1, -0.05) is 41.0 Å². The summed E-state index contributed by atoms with van der Waals surface area (Å²) in [5.41, 5.74) is 3.46. The van der Waals surface area contributed by atoms with Gasteiger partial charge in [-0.25, -0.2) is 0 Å². The lowest BCUT2D eigenvalue weighted by molar-refractivity contribution is -0.125. The Bertz CT molecular complexity index is 983. The summed E-state index contributed by atoms with van der Waals surface area (Å²) in [5.74, 6) is 1.19. The van der Waals surface area contributed by atoms with E-state index in [9.17, 15) is 4.79 Å². The predicted molar refractivity (Wildman–Crippen MR) is 98.0 cm³/mol. The zero-order valence-corrected chi connectivity index (χ0v) is 15.1. The first-order valence-corrected chi connectivity index (χ1v) is 8.66. The number of nitrogens with one attached hydrogen (secondary N) is 1. The van der Waals surface area contributed by atoms with Gasteiger partial charge in [0, 0.05) is 0 Å². The van der Waals surface area contributed by atoms with E-state index in [-0.39, 0.29) is 12.6 Å². The molecule has 3 aromatic rings. The van der Waals surface area contributed by atoms with E-state index in [1.807, 2.05) is 38.1 Å². The highest BCUT2D eigenvalue weighted by Crippen LogP contribution is 2.31. The Morgan fingerprint density at radius 3 is 2.78 bits per heavy atom. The zero-order chi connectivity index (χ0) is 18.8. The van der Waals surface area contributed by atoms with Crippen LogP contribution in [-0.4, -0.2) is 28.8 Å². The molecule has 27 heavy (non-hydrogen) atoms. The number of ether oxygens (including phenoxy) is 2. The number of aromatic nitrogens is 2. The van der Waals surface area contributed by atoms with Gasteiger partial charge in [0.15, 0.2) is 11.5 Å². The monoisotopic (exact) mass is 365 g/mol. The number of fused-ring (bicyclic) bond motifs is 1. The second kappa shape index (κ2) is 7.11. The molecule has 1 atom stereocenters. The van der Waals surface area contributed by atoms with Crippen molar-refractivity contribution in [1.82, 2.24) is 10.2 Å². The minimum atomic E-state index is -0.783. The molecule has 7 heteroatoms. The molecule has 1 aliphatic heterocycles. The van der Waals surface area contributed by atoms with Gasteiger partial charge in [0.2, 0.25) is 12.0 Å². The number of amides is 1. The molecule has 0 bridgehead atoms. The van der Waals surface area contributed by atoms with Crippen molar-refractivity contribution >= 4 is 11.9 Å². The molecule has 0 saturated heterocycles. The summed E-state index contributed by atoms with van der Waals surface area (Å²) in [6.45, 7) is 4.21. The summed E-state index contributed by atoms with van der Waals surface area (Å²) in [7, 11) is 0. The highest BCUT2D eigenvalue weighted by atomic mass is 16.6. The number of carbonyl (C=O) groups excluding carboxylic acids is 1. The second-order valence-corrected chi connectivity index (χ2v) is 6.46. The number of rotatable bonds is 4. The SMILES string of the molecule is Cc1ccc(Cc2nnc(NC(=O)C3COc4ccccc4O3)o2)c(C)c1. The number of nitrogens with zero attached hydrogens (tertiary/aromatic N) is 2. The third-order valence-corrected chi connectivity index (χ3v) is 4.34. The van der Waals surface area contributed by atoms with E-state index in [4.69, 9.17) is 13.9 Å². The minimum absolute atomic E-state index is 0.0437. The molecule has 2 aromatic carbocycles. The molecule has 1 amide bonds. The van der Waals surface area contributed by atoms with E-state index < -0.39 is 12.0 Å². The molecule has 4 rings (SSSR count). The van der Waals surface area contributed by atoms with Gasteiger partial charge in [-0.2, -0.15) is 0 Å². The Morgan fingerprint density at radius 1 is 1.15 bits per heavy atom. The van der Waals surface area contributed by atoms with Crippen LogP contribution in [0.3, 0.4) is 0 Å². The third-order valence-electron chi connectivity index (χ3n) is 4.34. The second-order valence-electron chi connectivity index (χ2n) is 6.46. The van der Waals surface area contributed by atoms with Gasteiger partial charge in [0.25, 0.3) is 5.91 Å². The fourth-order valence-corrected chi connectivity index (χ4v) is 2.92. The van der Waals surface area contributed by atoms with Crippen LogP contribution >= 0.6 is 0 Å². The van der Waals surface area contributed by atoms with Crippen molar-refractivity contribution < 1.29 is 18.7 Å². The van der Waals surface area contributed by atoms with Gasteiger partial charge < -0.3 is 13.9 Å². The van der Waals surface area contributed by atoms with Crippen molar-refractivity contribution in [1.29, 1.82) is 0 Å². The average Bonchev–Trinajstić information content (AvgIpc) is 3.10. The van der Waals surface area contributed by atoms with Crippen LogP contribution in [0.15, 0.2) is 46.9 Å². The van der Waals surface area contributed by atoms with Gasteiger partial charge in [-0.15, -0.1) is 5.10 Å². The van der Waals surface area contributed by atoms with E-state index in [0.29, 0.717) is 23.8 Å². The molecule has 0 aliphatic carbocycles. The Hall–Kier alpha value is -3.35. The van der Waals surface area contributed by atoms with Crippen LogP contribution in [0.5, 0.6) is 11.5 Å². The normalized spacial score (nSPS) is 15.4. The van der Waals surface area contributed by atoms with Gasteiger partial charge >= 0.3 is 6.01 Å². The molecule has 138 valence electrons. The van der Waals surface area contributed by atoms with Crippen LogP contribution in [-0.2, 0) is 11.2 Å². The molecular formula is C20H19N3O4. The minimum Gasteiger partial charge on any atom is -0.485 e. The van der Waals surface area contributed by atoms with Gasteiger partial charge in [0.05, 0.1) is 6.42 Å². The Morgan fingerprint density at radius 2 is 1.96 bits per heavy atom. The van der Waals surface area contributed by atoms with Crippen LogP contribution in [0.1, 0.15) is 22.6 Å².